The van der Waals surface area contributed by atoms with Gasteiger partial charge in [-0.25, -0.2) is 4.39 Å². The zero-order valence-corrected chi connectivity index (χ0v) is 11.2. The fourth-order valence-electron chi connectivity index (χ4n) is 1.89. The summed E-state index contributed by atoms with van der Waals surface area (Å²) < 4.78 is 13.1. The second kappa shape index (κ2) is 6.65. The summed E-state index contributed by atoms with van der Waals surface area (Å²) in [5.74, 6) is -1.76. The summed E-state index contributed by atoms with van der Waals surface area (Å²) in [7, 11) is 0. The summed E-state index contributed by atoms with van der Waals surface area (Å²) in [5.41, 5.74) is 1.59. The van der Waals surface area contributed by atoms with Crippen molar-refractivity contribution in [3.63, 3.8) is 0 Å². The Hall–Kier alpha value is -2.69. The standard InChI is InChI=1S/C16H14FNO3/c17-13-5-2-4-12(10-13)16(21)18-14-6-1-3-11(9-14)7-8-15(19)20/h1-6,9-10H,7-8H2,(H,18,21)(H,19,20). The average molecular weight is 287 g/mol. The van der Waals surface area contributed by atoms with Crippen molar-refractivity contribution in [3.05, 3.63) is 65.5 Å². The summed E-state index contributed by atoms with van der Waals surface area (Å²) in [5, 5.41) is 11.3. The van der Waals surface area contributed by atoms with E-state index >= 15 is 0 Å². The Balaban J connectivity index is 2.07. The third kappa shape index (κ3) is 4.42. The topological polar surface area (TPSA) is 66.4 Å². The van der Waals surface area contributed by atoms with Gasteiger partial charge < -0.3 is 10.4 Å². The Bertz CT molecular complexity index is 670. The molecule has 0 aliphatic rings. The molecule has 0 aliphatic heterocycles. The minimum atomic E-state index is -0.871. The van der Waals surface area contributed by atoms with E-state index in [1.54, 1.807) is 24.3 Å². The largest absolute Gasteiger partial charge is 0.481 e. The van der Waals surface area contributed by atoms with Crippen molar-refractivity contribution < 1.29 is 19.1 Å². The predicted molar refractivity (Wildman–Crippen MR) is 76.8 cm³/mol. The van der Waals surface area contributed by atoms with E-state index in [4.69, 9.17) is 5.11 Å². The van der Waals surface area contributed by atoms with Gasteiger partial charge in [0.25, 0.3) is 5.91 Å². The van der Waals surface area contributed by atoms with Gasteiger partial charge in [-0.1, -0.05) is 18.2 Å². The van der Waals surface area contributed by atoms with Gasteiger partial charge in [-0.05, 0) is 42.3 Å². The van der Waals surface area contributed by atoms with Crippen LogP contribution in [0.15, 0.2) is 48.5 Å². The Morgan fingerprint density at radius 3 is 2.57 bits per heavy atom. The maximum absolute atomic E-state index is 13.1. The van der Waals surface area contributed by atoms with E-state index in [0.717, 1.165) is 11.6 Å². The molecule has 2 aromatic carbocycles. The van der Waals surface area contributed by atoms with Crippen LogP contribution < -0.4 is 5.32 Å². The van der Waals surface area contributed by atoms with Gasteiger partial charge in [-0.2, -0.15) is 0 Å². The lowest BCUT2D eigenvalue weighted by Crippen LogP contribution is -2.12. The Morgan fingerprint density at radius 2 is 1.86 bits per heavy atom. The zero-order valence-electron chi connectivity index (χ0n) is 11.2. The SMILES string of the molecule is O=C(O)CCc1cccc(NC(=O)c2cccc(F)c2)c1. The van der Waals surface area contributed by atoms with E-state index in [2.05, 4.69) is 5.32 Å². The van der Waals surface area contributed by atoms with Crippen LogP contribution in [0.3, 0.4) is 0 Å². The molecule has 108 valence electrons. The molecule has 2 N–H and O–H groups in total. The average Bonchev–Trinajstić information content (AvgIpc) is 2.45. The molecule has 1 amide bonds. The first-order valence-corrected chi connectivity index (χ1v) is 6.42. The van der Waals surface area contributed by atoms with Gasteiger partial charge in [0.2, 0.25) is 0 Å². The number of amides is 1. The summed E-state index contributed by atoms with van der Waals surface area (Å²) >= 11 is 0. The molecule has 0 heterocycles. The van der Waals surface area contributed by atoms with Crippen LogP contribution in [0, 0.1) is 5.82 Å². The number of aryl methyl sites for hydroxylation is 1. The highest BCUT2D eigenvalue weighted by Crippen LogP contribution is 2.14. The number of nitrogens with one attached hydrogen (secondary N) is 1. The van der Waals surface area contributed by atoms with Gasteiger partial charge in [-0.3, -0.25) is 9.59 Å². The van der Waals surface area contributed by atoms with E-state index in [9.17, 15) is 14.0 Å². The highest BCUT2D eigenvalue weighted by molar-refractivity contribution is 6.04. The quantitative estimate of drug-likeness (QED) is 0.888. The van der Waals surface area contributed by atoms with E-state index < -0.39 is 17.7 Å². The van der Waals surface area contributed by atoms with E-state index in [0.29, 0.717) is 12.1 Å². The van der Waals surface area contributed by atoms with E-state index in [-0.39, 0.29) is 12.0 Å². The van der Waals surface area contributed by atoms with Crippen molar-refractivity contribution >= 4 is 17.6 Å². The summed E-state index contributed by atoms with van der Waals surface area (Å²) in [6, 6.07) is 12.3. The molecule has 0 unspecified atom stereocenters. The minimum Gasteiger partial charge on any atom is -0.481 e. The summed E-state index contributed by atoms with van der Waals surface area (Å²) in [4.78, 5) is 22.5. The minimum absolute atomic E-state index is 0.0291. The van der Waals surface area contributed by atoms with Crippen molar-refractivity contribution in [2.45, 2.75) is 12.8 Å². The van der Waals surface area contributed by atoms with Gasteiger partial charge in [-0.15, -0.1) is 0 Å². The summed E-state index contributed by atoms with van der Waals surface area (Å²) in [6.07, 6.45) is 0.417. The monoisotopic (exact) mass is 287 g/mol. The van der Waals surface area contributed by atoms with Crippen LogP contribution in [-0.2, 0) is 11.2 Å². The number of carboxylic acids is 1. The Labute approximate surface area is 121 Å². The number of carboxylic acid groups (broad SMARTS) is 1. The van der Waals surface area contributed by atoms with Gasteiger partial charge in [0.15, 0.2) is 0 Å². The first-order chi connectivity index (χ1) is 10.0. The first kappa shape index (κ1) is 14.7. The van der Waals surface area contributed by atoms with Crippen LogP contribution in [0.5, 0.6) is 0 Å². The van der Waals surface area contributed by atoms with Crippen molar-refractivity contribution in [2.24, 2.45) is 0 Å². The van der Waals surface area contributed by atoms with Crippen molar-refractivity contribution in [3.8, 4) is 0 Å². The number of hydrogen-bond acceptors (Lipinski definition) is 2. The molecule has 2 rings (SSSR count). The van der Waals surface area contributed by atoms with Crippen molar-refractivity contribution in [1.29, 1.82) is 0 Å². The van der Waals surface area contributed by atoms with Crippen LogP contribution in [-0.4, -0.2) is 17.0 Å². The van der Waals surface area contributed by atoms with Crippen molar-refractivity contribution in [2.75, 3.05) is 5.32 Å². The first-order valence-electron chi connectivity index (χ1n) is 6.42. The number of carbonyl (C=O) groups is 2. The smallest absolute Gasteiger partial charge is 0.303 e. The Morgan fingerprint density at radius 1 is 1.10 bits per heavy atom. The molecule has 0 spiro atoms. The normalized spacial score (nSPS) is 10.1. The highest BCUT2D eigenvalue weighted by atomic mass is 19.1. The molecule has 0 bridgehead atoms. The van der Waals surface area contributed by atoms with Gasteiger partial charge in [0, 0.05) is 17.7 Å². The number of anilines is 1. The molecule has 0 saturated carbocycles. The molecular formula is C16H14FNO3. The fourth-order valence-corrected chi connectivity index (χ4v) is 1.89. The number of aliphatic carboxylic acids is 1. The molecule has 0 aliphatic carbocycles. The van der Waals surface area contributed by atoms with E-state index in [1.165, 1.54) is 18.2 Å². The van der Waals surface area contributed by atoms with Crippen molar-refractivity contribution in [1.82, 2.24) is 0 Å². The molecule has 21 heavy (non-hydrogen) atoms. The second-order valence-electron chi connectivity index (χ2n) is 4.56. The number of rotatable bonds is 5. The van der Waals surface area contributed by atoms with Gasteiger partial charge in [0.1, 0.15) is 5.82 Å². The van der Waals surface area contributed by atoms with Crippen LogP contribution in [0.25, 0.3) is 0 Å². The Kier molecular flexibility index (Phi) is 4.66. The molecule has 0 fully saturated rings. The molecule has 0 aromatic heterocycles. The number of halogens is 1. The molecule has 0 saturated heterocycles. The predicted octanol–water partition coefficient (Wildman–Crippen LogP) is 3.10. The maximum Gasteiger partial charge on any atom is 0.303 e. The molecule has 5 heteroatoms. The maximum atomic E-state index is 13.1. The third-order valence-electron chi connectivity index (χ3n) is 2.90. The lowest BCUT2D eigenvalue weighted by molar-refractivity contribution is -0.136. The van der Waals surface area contributed by atoms with Crippen LogP contribution in [0.4, 0.5) is 10.1 Å². The molecule has 0 atom stereocenters. The number of hydrogen-bond donors (Lipinski definition) is 2. The third-order valence-corrected chi connectivity index (χ3v) is 2.90. The number of benzene rings is 2. The molecule has 2 aromatic rings. The number of carbonyl (C=O) groups excluding carboxylic acids is 1. The summed E-state index contributed by atoms with van der Waals surface area (Å²) in [6.45, 7) is 0. The van der Waals surface area contributed by atoms with Gasteiger partial charge in [0.05, 0.1) is 0 Å². The lowest BCUT2D eigenvalue weighted by atomic mass is 10.1. The second-order valence-corrected chi connectivity index (χ2v) is 4.56. The highest BCUT2D eigenvalue weighted by Gasteiger charge is 2.07. The van der Waals surface area contributed by atoms with Crippen LogP contribution in [0.1, 0.15) is 22.3 Å². The van der Waals surface area contributed by atoms with Crippen LogP contribution >= 0.6 is 0 Å². The van der Waals surface area contributed by atoms with Crippen LogP contribution in [0.2, 0.25) is 0 Å². The van der Waals surface area contributed by atoms with Gasteiger partial charge >= 0.3 is 5.97 Å². The van der Waals surface area contributed by atoms with E-state index in [1.807, 2.05) is 0 Å². The molecule has 4 nitrogen and oxygen atoms in total. The molecular weight excluding hydrogens is 273 g/mol. The molecule has 0 radical (unpaired) electrons. The lowest BCUT2D eigenvalue weighted by Gasteiger charge is -2.07. The fraction of sp³-hybridized carbons (Fsp3) is 0.125. The zero-order chi connectivity index (χ0) is 15.2.